The number of nitrogens with two attached hydrogens (primary N) is 1. The van der Waals surface area contributed by atoms with E-state index in [0.29, 0.717) is 4.47 Å². The Bertz CT molecular complexity index is 571. The van der Waals surface area contributed by atoms with E-state index in [1.54, 1.807) is 0 Å². The number of aromatic hydroxyl groups is 1. The Balaban J connectivity index is 2.69. The Morgan fingerprint density at radius 1 is 1.53 bits per heavy atom. The summed E-state index contributed by atoms with van der Waals surface area (Å²) in [6.07, 6.45) is 0. The molecule has 0 spiro atoms. The maximum Gasteiger partial charge on any atom is 0.175 e. The molecule has 1 heterocycles. The van der Waals surface area contributed by atoms with Gasteiger partial charge in [0.1, 0.15) is 11.4 Å². The van der Waals surface area contributed by atoms with E-state index in [2.05, 4.69) is 21.1 Å². The van der Waals surface area contributed by atoms with Gasteiger partial charge >= 0.3 is 0 Å². The Hall–Kier alpha value is -1.76. The number of nitrogens with zero attached hydrogens (tertiary/aromatic N) is 1. The van der Waals surface area contributed by atoms with Crippen LogP contribution in [0.2, 0.25) is 0 Å². The summed E-state index contributed by atoms with van der Waals surface area (Å²) in [6.45, 7) is 0. The summed E-state index contributed by atoms with van der Waals surface area (Å²) in [4.78, 5) is 0. The number of benzene rings is 1. The lowest BCUT2D eigenvalue weighted by molar-refractivity contribution is 0.366. The molecular weight excluding hydrogens is 295 g/mol. The molecule has 5 nitrogen and oxygen atoms in total. The van der Waals surface area contributed by atoms with Gasteiger partial charge in [0, 0.05) is 6.07 Å². The van der Waals surface area contributed by atoms with Gasteiger partial charge in [0.15, 0.2) is 23.1 Å². The summed E-state index contributed by atoms with van der Waals surface area (Å²) in [5, 5.41) is 13.3. The molecule has 2 aromatic rings. The molecule has 3 N–H and O–H groups in total. The average Bonchev–Trinajstić information content (AvgIpc) is 2.64. The second-order valence-corrected chi connectivity index (χ2v) is 4.07. The van der Waals surface area contributed by atoms with Crippen LogP contribution in [-0.4, -0.2) is 17.4 Å². The average molecular weight is 303 g/mol. The molecule has 0 amide bonds. The Morgan fingerprint density at radius 2 is 2.24 bits per heavy atom. The number of rotatable bonds is 2. The fourth-order valence-corrected chi connectivity index (χ4v) is 1.97. The zero-order valence-corrected chi connectivity index (χ0v) is 10.3. The van der Waals surface area contributed by atoms with Crippen LogP contribution in [0.5, 0.6) is 11.5 Å². The molecule has 0 radical (unpaired) electrons. The fourth-order valence-electron chi connectivity index (χ4n) is 1.42. The minimum absolute atomic E-state index is 0.0308. The van der Waals surface area contributed by atoms with Crippen molar-refractivity contribution in [1.29, 1.82) is 0 Å². The summed E-state index contributed by atoms with van der Waals surface area (Å²) in [7, 11) is 1.36. The lowest BCUT2D eigenvalue weighted by Gasteiger charge is -2.09. The molecule has 1 aromatic heterocycles. The Labute approximate surface area is 104 Å². The van der Waals surface area contributed by atoms with E-state index in [1.165, 1.54) is 13.2 Å². The molecular formula is C10H8BrFN2O3. The van der Waals surface area contributed by atoms with Crippen molar-refractivity contribution < 1.29 is 18.8 Å². The van der Waals surface area contributed by atoms with Crippen molar-refractivity contribution in [3.8, 4) is 22.8 Å². The van der Waals surface area contributed by atoms with Crippen LogP contribution >= 0.6 is 15.9 Å². The zero-order chi connectivity index (χ0) is 12.6. The summed E-state index contributed by atoms with van der Waals surface area (Å²) in [6, 6.07) is 2.47. The predicted octanol–water partition coefficient (Wildman–Crippen LogP) is 2.54. The highest BCUT2D eigenvalue weighted by molar-refractivity contribution is 9.10. The number of halogens is 2. The molecule has 0 aliphatic heterocycles. The Kier molecular flexibility index (Phi) is 2.93. The minimum Gasteiger partial charge on any atom is -0.504 e. The van der Waals surface area contributed by atoms with Gasteiger partial charge in [0.05, 0.1) is 11.6 Å². The van der Waals surface area contributed by atoms with Gasteiger partial charge < -0.3 is 20.1 Å². The number of nitrogen functional groups attached to an aromatic ring is 1. The molecule has 0 bridgehead atoms. The SMILES string of the molecule is COc1c(Br)cc(F)c(-c2cc(N)no2)c1O. The lowest BCUT2D eigenvalue weighted by Crippen LogP contribution is -1.91. The van der Waals surface area contributed by atoms with E-state index in [0.717, 1.165) is 6.07 Å². The number of methoxy groups -OCH3 is 1. The van der Waals surface area contributed by atoms with Crippen molar-refractivity contribution in [3.05, 3.63) is 22.4 Å². The minimum atomic E-state index is -0.675. The van der Waals surface area contributed by atoms with Gasteiger partial charge in [0.2, 0.25) is 0 Å². The highest BCUT2D eigenvalue weighted by atomic mass is 79.9. The first-order valence-electron chi connectivity index (χ1n) is 4.52. The van der Waals surface area contributed by atoms with Gasteiger partial charge in [-0.25, -0.2) is 4.39 Å². The van der Waals surface area contributed by atoms with Crippen LogP contribution < -0.4 is 10.5 Å². The maximum absolute atomic E-state index is 13.7. The van der Waals surface area contributed by atoms with Crippen LogP contribution in [0, 0.1) is 5.82 Å². The first-order valence-corrected chi connectivity index (χ1v) is 5.31. The molecule has 0 fully saturated rings. The summed E-state index contributed by atoms with van der Waals surface area (Å²) >= 11 is 3.07. The number of phenols is 1. The van der Waals surface area contributed by atoms with E-state index in [9.17, 15) is 9.50 Å². The molecule has 0 saturated heterocycles. The van der Waals surface area contributed by atoms with Crippen LogP contribution in [0.1, 0.15) is 0 Å². The molecule has 17 heavy (non-hydrogen) atoms. The van der Waals surface area contributed by atoms with Gasteiger partial charge in [0.25, 0.3) is 0 Å². The third kappa shape index (κ3) is 1.93. The normalized spacial score (nSPS) is 10.5. The highest BCUT2D eigenvalue weighted by Crippen LogP contribution is 2.44. The van der Waals surface area contributed by atoms with Gasteiger partial charge in [-0.15, -0.1) is 0 Å². The van der Waals surface area contributed by atoms with Crippen LogP contribution in [0.4, 0.5) is 10.2 Å². The molecule has 7 heteroatoms. The summed E-state index contributed by atoms with van der Waals surface area (Å²) in [5.41, 5.74) is 5.22. The van der Waals surface area contributed by atoms with Crippen molar-refractivity contribution in [2.24, 2.45) is 0 Å². The third-order valence-corrected chi connectivity index (χ3v) is 2.73. The number of aromatic nitrogens is 1. The van der Waals surface area contributed by atoms with Crippen LogP contribution in [-0.2, 0) is 0 Å². The molecule has 0 aliphatic carbocycles. The van der Waals surface area contributed by atoms with Gasteiger partial charge in [-0.1, -0.05) is 5.16 Å². The summed E-state index contributed by atoms with van der Waals surface area (Å²) < 4.78 is 23.8. The number of hydrogen-bond donors (Lipinski definition) is 2. The number of phenolic OH excluding ortho intramolecular Hbond substituents is 1. The van der Waals surface area contributed by atoms with Crippen molar-refractivity contribution in [3.63, 3.8) is 0 Å². The van der Waals surface area contributed by atoms with Crippen LogP contribution in [0.25, 0.3) is 11.3 Å². The third-order valence-electron chi connectivity index (χ3n) is 2.14. The van der Waals surface area contributed by atoms with Crippen LogP contribution in [0.15, 0.2) is 21.1 Å². The van der Waals surface area contributed by atoms with Gasteiger partial charge in [-0.2, -0.15) is 0 Å². The molecule has 0 unspecified atom stereocenters. The first kappa shape index (κ1) is 11.7. The van der Waals surface area contributed by atoms with Crippen molar-refractivity contribution >= 4 is 21.7 Å². The fraction of sp³-hybridized carbons (Fsp3) is 0.100. The lowest BCUT2D eigenvalue weighted by atomic mass is 10.1. The molecule has 90 valence electrons. The second-order valence-electron chi connectivity index (χ2n) is 3.21. The number of hydrogen-bond acceptors (Lipinski definition) is 5. The van der Waals surface area contributed by atoms with E-state index in [-0.39, 0.29) is 28.6 Å². The Morgan fingerprint density at radius 3 is 2.76 bits per heavy atom. The largest absolute Gasteiger partial charge is 0.504 e. The van der Waals surface area contributed by atoms with Gasteiger partial charge in [-0.3, -0.25) is 0 Å². The van der Waals surface area contributed by atoms with Crippen LogP contribution in [0.3, 0.4) is 0 Å². The topological polar surface area (TPSA) is 81.5 Å². The molecule has 0 saturated carbocycles. The second kappa shape index (κ2) is 4.25. The molecule has 0 aliphatic rings. The van der Waals surface area contributed by atoms with Crippen molar-refractivity contribution in [2.75, 3.05) is 12.8 Å². The van der Waals surface area contributed by atoms with Crippen molar-refractivity contribution in [2.45, 2.75) is 0 Å². The summed E-state index contributed by atoms with van der Waals surface area (Å²) in [5.74, 6) is -0.817. The standard InChI is InChI=1S/C10H8BrFN2O3/c1-16-10-4(11)2-5(12)8(9(10)15)6-3-7(13)14-17-6/h2-3,15H,1H3,(H2,13,14). The quantitative estimate of drug-likeness (QED) is 0.891. The van der Waals surface area contributed by atoms with E-state index < -0.39 is 5.82 Å². The zero-order valence-electron chi connectivity index (χ0n) is 8.70. The maximum atomic E-state index is 13.7. The van der Waals surface area contributed by atoms with E-state index in [1.807, 2.05) is 0 Å². The number of ether oxygens (including phenoxy) is 1. The molecule has 0 atom stereocenters. The highest BCUT2D eigenvalue weighted by Gasteiger charge is 2.21. The van der Waals surface area contributed by atoms with E-state index in [4.69, 9.17) is 15.0 Å². The monoisotopic (exact) mass is 302 g/mol. The molecule has 1 aromatic carbocycles. The van der Waals surface area contributed by atoms with Crippen molar-refractivity contribution in [1.82, 2.24) is 5.16 Å². The smallest absolute Gasteiger partial charge is 0.175 e. The first-order chi connectivity index (χ1) is 8.04. The molecule has 2 rings (SSSR count). The predicted molar refractivity (Wildman–Crippen MR) is 62.2 cm³/mol. The number of anilines is 1. The van der Waals surface area contributed by atoms with Gasteiger partial charge in [-0.05, 0) is 22.0 Å². The van der Waals surface area contributed by atoms with E-state index >= 15 is 0 Å².